The molecule has 1 rings (SSSR count). The molecule has 1 unspecified atom stereocenters. The normalized spacial score (nSPS) is 24.2. The van der Waals surface area contributed by atoms with Crippen LogP contribution in [0.1, 0.15) is 46.0 Å². The van der Waals surface area contributed by atoms with E-state index in [1.54, 1.807) is 0 Å². The molecular weight excluding hydrogens is 164 g/mol. The molecule has 0 aromatic heterocycles. The highest BCUT2D eigenvalue weighted by molar-refractivity contribution is 4.82. The highest BCUT2D eigenvalue weighted by Crippen LogP contribution is 2.29. The van der Waals surface area contributed by atoms with E-state index in [1.165, 1.54) is 12.8 Å². The molecule has 0 aromatic carbocycles. The Labute approximate surface area is 81.3 Å². The van der Waals surface area contributed by atoms with E-state index >= 15 is 0 Å². The first-order valence-electron chi connectivity index (χ1n) is 5.46. The molecule has 0 aliphatic carbocycles. The van der Waals surface area contributed by atoms with Gasteiger partial charge in [0.15, 0.2) is 0 Å². The molecule has 0 aromatic rings. The monoisotopic (exact) mass is 186 g/mol. The van der Waals surface area contributed by atoms with Crippen LogP contribution in [0.2, 0.25) is 0 Å². The van der Waals surface area contributed by atoms with Gasteiger partial charge >= 0.3 is 0 Å². The second-order valence-corrected chi connectivity index (χ2v) is 4.43. The van der Waals surface area contributed by atoms with Crippen molar-refractivity contribution in [2.75, 3.05) is 13.2 Å². The lowest BCUT2D eigenvalue weighted by atomic mass is 9.84. The van der Waals surface area contributed by atoms with Crippen molar-refractivity contribution in [1.29, 1.82) is 0 Å². The van der Waals surface area contributed by atoms with Gasteiger partial charge in [0.2, 0.25) is 0 Å². The third kappa shape index (κ3) is 3.65. The van der Waals surface area contributed by atoms with Crippen LogP contribution in [-0.4, -0.2) is 23.9 Å². The highest BCUT2D eigenvalue weighted by atomic mass is 16.5. The first-order valence-corrected chi connectivity index (χ1v) is 5.46. The second kappa shape index (κ2) is 4.97. The number of hydrogen-bond acceptors (Lipinski definition) is 2. The first kappa shape index (κ1) is 11.0. The van der Waals surface area contributed by atoms with E-state index in [2.05, 4.69) is 13.8 Å². The van der Waals surface area contributed by atoms with E-state index in [0.29, 0.717) is 5.92 Å². The van der Waals surface area contributed by atoms with Crippen molar-refractivity contribution in [2.24, 2.45) is 5.92 Å². The number of hydrogen-bond donors (Lipinski definition) is 1. The van der Waals surface area contributed by atoms with Gasteiger partial charge < -0.3 is 9.84 Å². The Balaban J connectivity index is 2.31. The summed E-state index contributed by atoms with van der Waals surface area (Å²) in [5.41, 5.74) is -0.424. The molecule has 78 valence electrons. The van der Waals surface area contributed by atoms with Gasteiger partial charge in [0.25, 0.3) is 0 Å². The summed E-state index contributed by atoms with van der Waals surface area (Å²) in [6.07, 6.45) is 5.03. The summed E-state index contributed by atoms with van der Waals surface area (Å²) in [7, 11) is 0. The summed E-state index contributed by atoms with van der Waals surface area (Å²) in [6, 6.07) is 0. The quantitative estimate of drug-likeness (QED) is 0.730. The molecule has 13 heavy (non-hydrogen) atoms. The third-order valence-corrected chi connectivity index (χ3v) is 2.93. The minimum Gasteiger partial charge on any atom is -0.390 e. The van der Waals surface area contributed by atoms with Crippen molar-refractivity contribution in [3.63, 3.8) is 0 Å². The predicted octanol–water partition coefficient (Wildman–Crippen LogP) is 2.35. The van der Waals surface area contributed by atoms with Crippen LogP contribution in [0.25, 0.3) is 0 Å². The summed E-state index contributed by atoms with van der Waals surface area (Å²) in [5.74, 6) is 0.646. The zero-order valence-corrected chi connectivity index (χ0v) is 8.88. The van der Waals surface area contributed by atoms with Crippen LogP contribution in [0.5, 0.6) is 0 Å². The predicted molar refractivity (Wildman–Crippen MR) is 53.7 cm³/mol. The minimum absolute atomic E-state index is 0.424. The molecule has 0 saturated carbocycles. The lowest BCUT2D eigenvalue weighted by Gasteiger charge is -2.34. The van der Waals surface area contributed by atoms with Crippen molar-refractivity contribution in [3.05, 3.63) is 0 Å². The average Bonchev–Trinajstić information content (AvgIpc) is 2.04. The fraction of sp³-hybridized carbons (Fsp3) is 1.00. The summed E-state index contributed by atoms with van der Waals surface area (Å²) >= 11 is 0. The third-order valence-electron chi connectivity index (χ3n) is 2.93. The van der Waals surface area contributed by atoms with Gasteiger partial charge in [-0.25, -0.2) is 0 Å². The molecule has 0 bridgehead atoms. The Morgan fingerprint density at radius 2 is 2.00 bits per heavy atom. The fourth-order valence-electron chi connectivity index (χ4n) is 2.20. The van der Waals surface area contributed by atoms with E-state index < -0.39 is 5.60 Å². The van der Waals surface area contributed by atoms with Crippen LogP contribution in [-0.2, 0) is 4.74 Å². The zero-order valence-electron chi connectivity index (χ0n) is 8.88. The molecule has 1 heterocycles. The topological polar surface area (TPSA) is 29.5 Å². The van der Waals surface area contributed by atoms with E-state index in [9.17, 15) is 5.11 Å². The molecule has 2 heteroatoms. The van der Waals surface area contributed by atoms with Crippen molar-refractivity contribution in [2.45, 2.75) is 51.6 Å². The van der Waals surface area contributed by atoms with Gasteiger partial charge in [-0.3, -0.25) is 0 Å². The number of rotatable bonds is 4. The molecular formula is C11H22O2. The van der Waals surface area contributed by atoms with Gasteiger partial charge in [0, 0.05) is 13.2 Å². The largest absolute Gasteiger partial charge is 0.390 e. The molecule has 0 amide bonds. The van der Waals surface area contributed by atoms with Gasteiger partial charge in [-0.2, -0.15) is 0 Å². The maximum atomic E-state index is 10.2. The molecule has 1 N–H and O–H groups in total. The van der Waals surface area contributed by atoms with Crippen LogP contribution in [0.3, 0.4) is 0 Å². The zero-order chi connectivity index (χ0) is 9.73. The van der Waals surface area contributed by atoms with Gasteiger partial charge in [0.05, 0.1) is 5.60 Å². The average molecular weight is 186 g/mol. The van der Waals surface area contributed by atoms with E-state index in [1.807, 2.05) is 0 Å². The SMILES string of the molecule is CCCC(C)CC1(O)CCOCC1. The van der Waals surface area contributed by atoms with E-state index in [0.717, 1.165) is 32.5 Å². The van der Waals surface area contributed by atoms with Crippen molar-refractivity contribution in [1.82, 2.24) is 0 Å². The summed E-state index contributed by atoms with van der Waals surface area (Å²) in [5, 5.41) is 10.2. The molecule has 2 nitrogen and oxygen atoms in total. The molecule has 0 spiro atoms. The van der Waals surface area contributed by atoms with Gasteiger partial charge in [-0.15, -0.1) is 0 Å². The van der Waals surface area contributed by atoms with Crippen molar-refractivity contribution in [3.8, 4) is 0 Å². The van der Waals surface area contributed by atoms with Crippen LogP contribution < -0.4 is 0 Å². The van der Waals surface area contributed by atoms with Crippen molar-refractivity contribution < 1.29 is 9.84 Å². The van der Waals surface area contributed by atoms with E-state index in [4.69, 9.17) is 4.74 Å². The fourth-order valence-corrected chi connectivity index (χ4v) is 2.20. The Hall–Kier alpha value is -0.0800. The Morgan fingerprint density at radius 3 is 2.54 bits per heavy atom. The molecule has 0 radical (unpaired) electrons. The smallest absolute Gasteiger partial charge is 0.0694 e. The van der Waals surface area contributed by atoms with Crippen LogP contribution >= 0.6 is 0 Å². The number of aliphatic hydroxyl groups is 1. The van der Waals surface area contributed by atoms with Crippen LogP contribution in [0.4, 0.5) is 0 Å². The minimum atomic E-state index is -0.424. The van der Waals surface area contributed by atoms with Crippen LogP contribution in [0, 0.1) is 5.92 Å². The second-order valence-electron chi connectivity index (χ2n) is 4.43. The maximum absolute atomic E-state index is 10.2. The van der Waals surface area contributed by atoms with Crippen LogP contribution in [0.15, 0.2) is 0 Å². The molecule has 1 aliphatic heterocycles. The summed E-state index contributed by atoms with van der Waals surface area (Å²) in [6.45, 7) is 5.89. The maximum Gasteiger partial charge on any atom is 0.0694 e. The van der Waals surface area contributed by atoms with Crippen molar-refractivity contribution >= 4 is 0 Å². The standard InChI is InChI=1S/C11H22O2/c1-3-4-10(2)9-11(12)5-7-13-8-6-11/h10,12H,3-9H2,1-2H3. The van der Waals surface area contributed by atoms with Gasteiger partial charge in [0.1, 0.15) is 0 Å². The Kier molecular flexibility index (Phi) is 4.20. The molecule has 1 saturated heterocycles. The Bertz CT molecular complexity index is 139. The molecule has 1 atom stereocenters. The van der Waals surface area contributed by atoms with E-state index in [-0.39, 0.29) is 0 Å². The van der Waals surface area contributed by atoms with Gasteiger partial charge in [-0.1, -0.05) is 26.7 Å². The van der Waals surface area contributed by atoms with Gasteiger partial charge in [-0.05, 0) is 25.2 Å². The molecule has 1 fully saturated rings. The first-order chi connectivity index (χ1) is 6.16. The summed E-state index contributed by atoms with van der Waals surface area (Å²) in [4.78, 5) is 0. The lowest BCUT2D eigenvalue weighted by Crippen LogP contribution is -2.37. The summed E-state index contributed by atoms with van der Waals surface area (Å²) < 4.78 is 5.25. The molecule has 1 aliphatic rings. The highest BCUT2D eigenvalue weighted by Gasteiger charge is 2.30. The Morgan fingerprint density at radius 1 is 1.38 bits per heavy atom. The number of ether oxygens (including phenoxy) is 1. The lowest BCUT2D eigenvalue weighted by molar-refractivity contribution is -0.0756.